The predicted octanol–water partition coefficient (Wildman–Crippen LogP) is 1.63. The van der Waals surface area contributed by atoms with Gasteiger partial charge in [-0.3, -0.25) is 0 Å². The highest BCUT2D eigenvalue weighted by molar-refractivity contribution is 7.79. The second-order valence-electron chi connectivity index (χ2n) is 1.60. The van der Waals surface area contributed by atoms with E-state index >= 15 is 0 Å². The third-order valence-corrected chi connectivity index (χ3v) is 1.56. The van der Waals surface area contributed by atoms with Crippen molar-refractivity contribution < 1.29 is 0 Å². The molecular weight excluding hydrogens is 186 g/mol. The molecule has 0 aliphatic heterocycles. The summed E-state index contributed by atoms with van der Waals surface area (Å²) >= 11 is 13.6. The van der Waals surface area contributed by atoms with Crippen molar-refractivity contribution in [2.45, 2.75) is 5.75 Å². The monoisotopic (exact) mass is 191 g/mol. The molecule has 1 aromatic heterocycles. The Bertz CT molecular complexity index is 297. The van der Waals surface area contributed by atoms with Crippen molar-refractivity contribution in [2.24, 2.45) is 0 Å². The molecule has 0 saturated carbocycles. The van der Waals surface area contributed by atoms with Gasteiger partial charge in [0, 0.05) is 5.75 Å². The third kappa shape index (κ3) is 1.89. The number of rotatable bonds is 1. The standard InChI is InChI=1S/C4H5N3S3/c8-1-2-5-3(9)7-4(10)6-2/h8H,1H2,(H2,5,6,7,9,10). The summed E-state index contributed by atoms with van der Waals surface area (Å²) in [5.74, 6) is 1.21. The minimum absolute atomic E-state index is 0.396. The molecule has 3 nitrogen and oxygen atoms in total. The van der Waals surface area contributed by atoms with Crippen LogP contribution >= 0.6 is 37.1 Å². The average Bonchev–Trinajstić information content (AvgIpc) is 1.85. The van der Waals surface area contributed by atoms with E-state index in [-0.39, 0.29) is 0 Å². The highest BCUT2D eigenvalue weighted by Crippen LogP contribution is 1.92. The van der Waals surface area contributed by atoms with Crippen LogP contribution in [0, 0.1) is 9.54 Å². The molecule has 2 N–H and O–H groups in total. The molecule has 10 heavy (non-hydrogen) atoms. The van der Waals surface area contributed by atoms with Gasteiger partial charge in [-0.05, 0) is 24.4 Å². The van der Waals surface area contributed by atoms with Crippen molar-refractivity contribution in [3.05, 3.63) is 15.4 Å². The smallest absolute Gasteiger partial charge is 0.200 e. The Labute approximate surface area is 73.3 Å². The fourth-order valence-electron chi connectivity index (χ4n) is 0.513. The highest BCUT2D eigenvalue weighted by atomic mass is 32.1. The lowest BCUT2D eigenvalue weighted by Crippen LogP contribution is -1.94. The van der Waals surface area contributed by atoms with Crippen molar-refractivity contribution in [1.29, 1.82) is 0 Å². The first-order valence-corrected chi connectivity index (χ1v) is 3.97. The lowest BCUT2D eigenvalue weighted by atomic mass is 10.7. The van der Waals surface area contributed by atoms with Crippen molar-refractivity contribution >= 4 is 37.1 Å². The van der Waals surface area contributed by atoms with E-state index in [9.17, 15) is 0 Å². The van der Waals surface area contributed by atoms with Gasteiger partial charge in [-0.25, -0.2) is 4.98 Å². The van der Waals surface area contributed by atoms with Crippen LogP contribution in [0.1, 0.15) is 5.82 Å². The number of nitrogens with one attached hydrogen (secondary N) is 2. The molecular formula is C4H5N3S3. The highest BCUT2D eigenvalue weighted by Gasteiger charge is 1.88. The topological polar surface area (TPSA) is 44.5 Å². The SMILES string of the molecule is S=c1nc(CS)[nH]c(=S)[nH]1. The van der Waals surface area contributed by atoms with E-state index in [0.29, 0.717) is 21.1 Å². The van der Waals surface area contributed by atoms with Crippen molar-refractivity contribution in [3.8, 4) is 0 Å². The molecule has 1 rings (SSSR count). The molecule has 0 bridgehead atoms. The van der Waals surface area contributed by atoms with Crippen LogP contribution in [0.5, 0.6) is 0 Å². The molecule has 0 radical (unpaired) electrons. The first-order valence-electron chi connectivity index (χ1n) is 2.53. The van der Waals surface area contributed by atoms with E-state index < -0.39 is 0 Å². The Morgan fingerprint density at radius 2 is 2.10 bits per heavy atom. The molecule has 0 fully saturated rings. The summed E-state index contributed by atoms with van der Waals surface area (Å²) in [5.41, 5.74) is 0. The van der Waals surface area contributed by atoms with E-state index in [1.165, 1.54) is 0 Å². The van der Waals surface area contributed by atoms with Gasteiger partial charge in [-0.15, -0.1) is 0 Å². The Hall–Kier alpha value is -0.200. The first kappa shape index (κ1) is 7.90. The second kappa shape index (κ2) is 3.27. The normalized spacial score (nSPS) is 9.70. The summed E-state index contributed by atoms with van der Waals surface area (Å²) < 4.78 is 0.886. The Balaban J connectivity index is 3.33. The Morgan fingerprint density at radius 3 is 2.60 bits per heavy atom. The number of nitrogens with zero attached hydrogens (tertiary/aromatic N) is 1. The van der Waals surface area contributed by atoms with Crippen molar-refractivity contribution in [1.82, 2.24) is 15.0 Å². The van der Waals surface area contributed by atoms with Gasteiger partial charge < -0.3 is 9.97 Å². The van der Waals surface area contributed by atoms with Crippen LogP contribution in [-0.2, 0) is 5.75 Å². The molecule has 0 spiro atoms. The maximum Gasteiger partial charge on any atom is 0.200 e. The zero-order valence-corrected chi connectivity index (χ0v) is 7.45. The van der Waals surface area contributed by atoms with Crippen LogP contribution in [0.2, 0.25) is 0 Å². The molecule has 0 saturated heterocycles. The molecule has 0 aliphatic carbocycles. The van der Waals surface area contributed by atoms with E-state index in [2.05, 4.69) is 27.6 Å². The lowest BCUT2D eigenvalue weighted by Gasteiger charge is -1.92. The molecule has 0 aromatic carbocycles. The summed E-state index contributed by atoms with van der Waals surface area (Å²) in [5, 5.41) is 0. The summed E-state index contributed by atoms with van der Waals surface area (Å²) in [7, 11) is 0. The summed E-state index contributed by atoms with van der Waals surface area (Å²) in [4.78, 5) is 9.39. The maximum atomic E-state index is 4.80. The van der Waals surface area contributed by atoms with Crippen molar-refractivity contribution in [2.75, 3.05) is 0 Å². The fraction of sp³-hybridized carbons (Fsp3) is 0.250. The zero-order valence-electron chi connectivity index (χ0n) is 4.92. The molecule has 0 unspecified atom stereocenters. The summed E-state index contributed by atoms with van der Waals surface area (Å²) in [6.45, 7) is 0. The summed E-state index contributed by atoms with van der Waals surface area (Å²) in [6, 6.07) is 0. The minimum Gasteiger partial charge on any atom is -0.320 e. The Kier molecular flexibility index (Phi) is 2.58. The number of aromatic amines is 2. The van der Waals surface area contributed by atoms with Crippen molar-refractivity contribution in [3.63, 3.8) is 0 Å². The van der Waals surface area contributed by atoms with Gasteiger partial charge in [0.05, 0.1) is 0 Å². The molecule has 0 amide bonds. The van der Waals surface area contributed by atoms with Crippen LogP contribution < -0.4 is 0 Å². The zero-order chi connectivity index (χ0) is 7.56. The third-order valence-electron chi connectivity index (χ3n) is 0.865. The van der Waals surface area contributed by atoms with Gasteiger partial charge in [0.2, 0.25) is 4.77 Å². The molecule has 0 aliphatic rings. The predicted molar refractivity (Wildman–Crippen MR) is 47.3 cm³/mol. The van der Waals surface area contributed by atoms with Gasteiger partial charge in [-0.2, -0.15) is 12.6 Å². The maximum absolute atomic E-state index is 4.80. The van der Waals surface area contributed by atoms with Crippen LogP contribution in [0.25, 0.3) is 0 Å². The molecule has 0 atom stereocenters. The van der Waals surface area contributed by atoms with E-state index in [1.807, 2.05) is 0 Å². The largest absolute Gasteiger partial charge is 0.320 e. The number of aromatic nitrogens is 3. The number of H-pyrrole nitrogens is 2. The molecule has 6 heteroatoms. The number of thiol groups is 1. The van der Waals surface area contributed by atoms with Gasteiger partial charge >= 0.3 is 0 Å². The van der Waals surface area contributed by atoms with E-state index in [4.69, 9.17) is 24.4 Å². The lowest BCUT2D eigenvalue weighted by molar-refractivity contribution is 0.931. The number of hydrogen-bond acceptors (Lipinski definition) is 4. The molecule has 1 aromatic rings. The fourth-order valence-corrected chi connectivity index (χ4v) is 1.15. The van der Waals surface area contributed by atoms with Crippen LogP contribution in [0.3, 0.4) is 0 Å². The van der Waals surface area contributed by atoms with E-state index in [1.54, 1.807) is 0 Å². The second-order valence-corrected chi connectivity index (χ2v) is 2.71. The molecule has 54 valence electrons. The van der Waals surface area contributed by atoms with Gasteiger partial charge in [0.25, 0.3) is 0 Å². The first-order chi connectivity index (χ1) is 4.72. The van der Waals surface area contributed by atoms with Crippen LogP contribution in [-0.4, -0.2) is 15.0 Å². The van der Waals surface area contributed by atoms with Gasteiger partial charge in [-0.1, -0.05) is 0 Å². The van der Waals surface area contributed by atoms with Crippen LogP contribution in [0.4, 0.5) is 0 Å². The van der Waals surface area contributed by atoms with Gasteiger partial charge in [0.15, 0.2) is 4.77 Å². The summed E-state index contributed by atoms with van der Waals surface area (Å²) in [6.07, 6.45) is 0. The number of hydrogen-bond donors (Lipinski definition) is 3. The average molecular weight is 191 g/mol. The Morgan fingerprint density at radius 1 is 1.40 bits per heavy atom. The quantitative estimate of drug-likeness (QED) is 0.467. The van der Waals surface area contributed by atoms with Gasteiger partial charge in [0.1, 0.15) is 5.82 Å². The van der Waals surface area contributed by atoms with Crippen LogP contribution in [0.15, 0.2) is 0 Å². The van der Waals surface area contributed by atoms with E-state index in [0.717, 1.165) is 0 Å². The minimum atomic E-state index is 0.396. The molecule has 1 heterocycles.